The van der Waals surface area contributed by atoms with Gasteiger partial charge in [-0.1, -0.05) is 0 Å². The molecule has 0 spiro atoms. The summed E-state index contributed by atoms with van der Waals surface area (Å²) in [5, 5.41) is 0. The summed E-state index contributed by atoms with van der Waals surface area (Å²) in [5.74, 6) is 1.24. The number of hydrogen-bond acceptors (Lipinski definition) is 4. The first-order valence-electron chi connectivity index (χ1n) is 3.84. The first-order valence-corrected chi connectivity index (χ1v) is 3.84. The average molecular weight is 239 g/mol. The molecule has 0 aromatic carbocycles. The van der Waals surface area contributed by atoms with Gasteiger partial charge in [0.2, 0.25) is 0 Å². The molecule has 0 unspecified atom stereocenters. The summed E-state index contributed by atoms with van der Waals surface area (Å²) >= 11 is 0. The summed E-state index contributed by atoms with van der Waals surface area (Å²) in [6, 6.07) is 3.63. The van der Waals surface area contributed by atoms with Gasteiger partial charge in [-0.25, -0.2) is 4.98 Å². The average Bonchev–Trinajstić information content (AvgIpc) is 2.17. The normalized spacial score (nSPS) is 17.6. The number of pyridine rings is 1. The Morgan fingerprint density at radius 1 is 1.50 bits per heavy atom. The van der Waals surface area contributed by atoms with Gasteiger partial charge in [-0.15, -0.1) is 24.8 Å². The van der Waals surface area contributed by atoms with Gasteiger partial charge in [0.25, 0.3) is 5.88 Å². The fraction of sp³-hybridized carbons (Fsp3) is 0.375. The highest BCUT2D eigenvalue weighted by molar-refractivity contribution is 5.85. The number of hydrogen-bond donors (Lipinski definition) is 1. The Kier molecular flexibility index (Phi) is 5.60. The van der Waals surface area contributed by atoms with E-state index in [0.29, 0.717) is 24.8 Å². The molecular weight excluding hydrogens is 227 g/mol. The standard InChI is InChI=1S/C8H10N2O2.2ClH/c9-4-6-5-11-8-7(12-6)2-1-3-10-8;;/h1-3,6H,4-5,9H2;2*1H/t6-;;/m0../s1. The lowest BCUT2D eigenvalue weighted by Crippen LogP contribution is -2.35. The number of aromatic nitrogens is 1. The fourth-order valence-electron chi connectivity index (χ4n) is 1.08. The monoisotopic (exact) mass is 238 g/mol. The summed E-state index contributed by atoms with van der Waals surface area (Å²) in [7, 11) is 0. The lowest BCUT2D eigenvalue weighted by atomic mass is 10.3. The molecule has 0 fully saturated rings. The molecule has 0 amide bonds. The van der Waals surface area contributed by atoms with E-state index < -0.39 is 0 Å². The molecule has 1 aliphatic rings. The number of nitrogens with zero attached hydrogens (tertiary/aromatic N) is 1. The highest BCUT2D eigenvalue weighted by Crippen LogP contribution is 2.27. The molecule has 0 saturated carbocycles. The molecule has 0 bridgehead atoms. The Labute approximate surface area is 94.6 Å². The maximum absolute atomic E-state index is 5.47. The van der Waals surface area contributed by atoms with Crippen LogP contribution in [0.15, 0.2) is 18.3 Å². The molecule has 1 atom stereocenters. The van der Waals surface area contributed by atoms with Gasteiger partial charge in [-0.3, -0.25) is 0 Å². The molecule has 4 nitrogen and oxygen atoms in total. The van der Waals surface area contributed by atoms with Gasteiger partial charge in [0.05, 0.1) is 0 Å². The Morgan fingerprint density at radius 3 is 3.00 bits per heavy atom. The van der Waals surface area contributed by atoms with Crippen LogP contribution in [-0.2, 0) is 0 Å². The van der Waals surface area contributed by atoms with Crippen molar-refractivity contribution in [2.24, 2.45) is 5.73 Å². The van der Waals surface area contributed by atoms with E-state index in [9.17, 15) is 0 Å². The number of ether oxygens (including phenoxy) is 2. The van der Waals surface area contributed by atoms with E-state index in [1.54, 1.807) is 12.3 Å². The fourth-order valence-corrected chi connectivity index (χ4v) is 1.08. The zero-order valence-electron chi connectivity index (χ0n) is 7.38. The van der Waals surface area contributed by atoms with E-state index in [0.717, 1.165) is 0 Å². The molecular formula is C8H12Cl2N2O2. The second-order valence-corrected chi connectivity index (χ2v) is 2.59. The largest absolute Gasteiger partial charge is 0.480 e. The molecule has 1 aliphatic heterocycles. The highest BCUT2D eigenvalue weighted by atomic mass is 35.5. The van der Waals surface area contributed by atoms with Gasteiger partial charge in [0.15, 0.2) is 5.75 Å². The van der Waals surface area contributed by atoms with Crippen LogP contribution in [0.3, 0.4) is 0 Å². The zero-order chi connectivity index (χ0) is 8.39. The molecule has 80 valence electrons. The van der Waals surface area contributed by atoms with Crippen LogP contribution in [0.1, 0.15) is 0 Å². The number of fused-ring (bicyclic) bond motifs is 1. The lowest BCUT2D eigenvalue weighted by molar-refractivity contribution is 0.0919. The molecule has 14 heavy (non-hydrogen) atoms. The van der Waals surface area contributed by atoms with Crippen molar-refractivity contribution in [2.75, 3.05) is 13.2 Å². The van der Waals surface area contributed by atoms with E-state index in [2.05, 4.69) is 4.98 Å². The number of rotatable bonds is 1. The third-order valence-corrected chi connectivity index (χ3v) is 1.70. The van der Waals surface area contributed by atoms with Crippen LogP contribution in [0.2, 0.25) is 0 Å². The van der Waals surface area contributed by atoms with Crippen molar-refractivity contribution in [1.82, 2.24) is 4.98 Å². The van der Waals surface area contributed by atoms with Gasteiger partial charge < -0.3 is 15.2 Å². The third kappa shape index (κ3) is 2.64. The number of halogens is 2. The minimum Gasteiger partial charge on any atom is -0.480 e. The van der Waals surface area contributed by atoms with Crippen molar-refractivity contribution in [3.63, 3.8) is 0 Å². The molecule has 1 aromatic rings. The molecule has 2 N–H and O–H groups in total. The maximum Gasteiger partial charge on any atom is 0.257 e. The Balaban J connectivity index is 0.000000845. The Hall–Kier alpha value is -0.710. The Morgan fingerprint density at radius 2 is 2.29 bits per heavy atom. The van der Waals surface area contributed by atoms with Crippen molar-refractivity contribution < 1.29 is 9.47 Å². The molecule has 2 heterocycles. The maximum atomic E-state index is 5.47. The topological polar surface area (TPSA) is 57.4 Å². The van der Waals surface area contributed by atoms with Crippen LogP contribution in [0, 0.1) is 0 Å². The smallest absolute Gasteiger partial charge is 0.257 e. The summed E-state index contributed by atoms with van der Waals surface area (Å²) in [6.07, 6.45) is 1.63. The quantitative estimate of drug-likeness (QED) is 0.794. The highest BCUT2D eigenvalue weighted by Gasteiger charge is 2.19. The second kappa shape index (κ2) is 5.90. The zero-order valence-corrected chi connectivity index (χ0v) is 9.01. The van der Waals surface area contributed by atoms with Crippen LogP contribution in [0.25, 0.3) is 0 Å². The molecule has 6 heteroatoms. The molecule has 2 rings (SSSR count). The molecule has 0 saturated heterocycles. The summed E-state index contributed by atoms with van der Waals surface area (Å²) < 4.78 is 10.8. The van der Waals surface area contributed by atoms with Crippen LogP contribution in [0.5, 0.6) is 11.6 Å². The molecule has 1 aromatic heterocycles. The van der Waals surface area contributed by atoms with Crippen molar-refractivity contribution in [1.29, 1.82) is 0 Å². The lowest BCUT2D eigenvalue weighted by Gasteiger charge is -2.24. The first-order chi connectivity index (χ1) is 5.90. The third-order valence-electron chi connectivity index (χ3n) is 1.70. The molecule has 0 aliphatic carbocycles. The van der Waals surface area contributed by atoms with Crippen molar-refractivity contribution in [3.8, 4) is 11.6 Å². The van der Waals surface area contributed by atoms with Crippen LogP contribution >= 0.6 is 24.8 Å². The van der Waals surface area contributed by atoms with E-state index >= 15 is 0 Å². The Bertz CT molecular complexity index is 286. The summed E-state index contributed by atoms with van der Waals surface area (Å²) in [5.41, 5.74) is 5.43. The molecule has 0 radical (unpaired) electrons. The van der Waals surface area contributed by atoms with Gasteiger partial charge in [-0.2, -0.15) is 0 Å². The minimum absolute atomic E-state index is 0. The van der Waals surface area contributed by atoms with E-state index in [-0.39, 0.29) is 30.9 Å². The van der Waals surface area contributed by atoms with E-state index in [1.807, 2.05) is 6.07 Å². The predicted octanol–water partition coefficient (Wildman–Crippen LogP) is 1.02. The number of nitrogens with two attached hydrogens (primary N) is 1. The summed E-state index contributed by atoms with van der Waals surface area (Å²) in [4.78, 5) is 4.00. The predicted molar refractivity (Wildman–Crippen MR) is 57.7 cm³/mol. The minimum atomic E-state index is -0.0401. The second-order valence-electron chi connectivity index (χ2n) is 2.59. The van der Waals surface area contributed by atoms with Crippen LogP contribution in [0.4, 0.5) is 0 Å². The van der Waals surface area contributed by atoms with E-state index in [4.69, 9.17) is 15.2 Å². The SMILES string of the molecule is Cl.Cl.NC[C@H]1COc2ncccc2O1. The van der Waals surface area contributed by atoms with Crippen molar-refractivity contribution in [3.05, 3.63) is 18.3 Å². The van der Waals surface area contributed by atoms with Gasteiger partial charge in [0.1, 0.15) is 12.7 Å². The first kappa shape index (κ1) is 13.3. The van der Waals surface area contributed by atoms with Crippen molar-refractivity contribution >= 4 is 24.8 Å². The van der Waals surface area contributed by atoms with Crippen LogP contribution in [-0.4, -0.2) is 24.2 Å². The van der Waals surface area contributed by atoms with E-state index in [1.165, 1.54) is 0 Å². The van der Waals surface area contributed by atoms with Gasteiger partial charge in [0, 0.05) is 12.7 Å². The summed E-state index contributed by atoms with van der Waals surface area (Å²) in [6.45, 7) is 0.953. The van der Waals surface area contributed by atoms with Crippen molar-refractivity contribution in [2.45, 2.75) is 6.10 Å². The van der Waals surface area contributed by atoms with Crippen LogP contribution < -0.4 is 15.2 Å². The van der Waals surface area contributed by atoms with Gasteiger partial charge in [-0.05, 0) is 12.1 Å². The van der Waals surface area contributed by atoms with Gasteiger partial charge >= 0.3 is 0 Å².